The minimum Gasteiger partial charge on any atom is -0.457 e. The molecule has 0 unspecified atom stereocenters. The van der Waals surface area contributed by atoms with E-state index < -0.39 is 5.97 Å². The Balaban J connectivity index is 1.76. The highest BCUT2D eigenvalue weighted by Crippen LogP contribution is 2.33. The number of halogens is 2. The van der Waals surface area contributed by atoms with Crippen molar-refractivity contribution in [3.05, 3.63) is 63.5 Å². The van der Waals surface area contributed by atoms with E-state index in [-0.39, 0.29) is 18.3 Å². The van der Waals surface area contributed by atoms with Gasteiger partial charge in [0.05, 0.1) is 27.7 Å². The van der Waals surface area contributed by atoms with Gasteiger partial charge in [-0.25, -0.2) is 9.78 Å². The highest BCUT2D eigenvalue weighted by atomic mass is 35.5. The Morgan fingerprint density at radius 2 is 2.08 bits per heavy atom. The van der Waals surface area contributed by atoms with Crippen LogP contribution in [-0.4, -0.2) is 16.9 Å². The zero-order chi connectivity index (χ0) is 18.7. The van der Waals surface area contributed by atoms with Crippen LogP contribution in [-0.2, 0) is 16.1 Å². The van der Waals surface area contributed by atoms with Gasteiger partial charge < -0.3 is 9.15 Å². The van der Waals surface area contributed by atoms with Gasteiger partial charge in [0.25, 0.3) is 0 Å². The maximum Gasteiger partial charge on any atom is 0.374 e. The van der Waals surface area contributed by atoms with E-state index in [2.05, 4.69) is 4.98 Å². The van der Waals surface area contributed by atoms with Crippen molar-refractivity contribution in [1.82, 2.24) is 4.98 Å². The Bertz CT molecular complexity index is 940. The maximum atomic E-state index is 12.1. The van der Waals surface area contributed by atoms with E-state index in [1.165, 1.54) is 35.5 Å². The number of hydrogen-bond acceptors (Lipinski definition) is 6. The number of carbonyl (C=O) groups excluding carboxylic acids is 2. The summed E-state index contributed by atoms with van der Waals surface area (Å²) in [5, 5.41) is 2.86. The summed E-state index contributed by atoms with van der Waals surface area (Å²) in [7, 11) is 0. The summed E-state index contributed by atoms with van der Waals surface area (Å²) in [6, 6.07) is 7.97. The van der Waals surface area contributed by atoms with Crippen molar-refractivity contribution in [2.45, 2.75) is 13.5 Å². The van der Waals surface area contributed by atoms with E-state index in [4.69, 9.17) is 32.4 Å². The van der Waals surface area contributed by atoms with Crippen LogP contribution in [0.4, 0.5) is 10.8 Å². The van der Waals surface area contributed by atoms with Crippen LogP contribution in [0.3, 0.4) is 0 Å². The number of anilines is 2. The number of aromatic nitrogens is 1. The fraction of sp³-hybridized carbons (Fsp3) is 0.118. The van der Waals surface area contributed by atoms with Gasteiger partial charge in [-0.2, -0.15) is 0 Å². The van der Waals surface area contributed by atoms with Gasteiger partial charge in [-0.1, -0.05) is 23.2 Å². The van der Waals surface area contributed by atoms with Gasteiger partial charge in [0, 0.05) is 12.3 Å². The smallest absolute Gasteiger partial charge is 0.374 e. The molecular formula is C17H12Cl2N2O4S. The van der Waals surface area contributed by atoms with Gasteiger partial charge in [0.15, 0.2) is 5.13 Å². The zero-order valence-corrected chi connectivity index (χ0v) is 15.8. The number of thiazole rings is 1. The van der Waals surface area contributed by atoms with Gasteiger partial charge >= 0.3 is 5.97 Å². The van der Waals surface area contributed by atoms with Crippen LogP contribution in [0, 0.1) is 0 Å². The van der Waals surface area contributed by atoms with Gasteiger partial charge in [0.1, 0.15) is 6.61 Å². The van der Waals surface area contributed by atoms with Crippen LogP contribution < -0.4 is 4.90 Å². The van der Waals surface area contributed by atoms with E-state index in [1.54, 1.807) is 29.6 Å². The molecule has 0 saturated heterocycles. The highest BCUT2D eigenvalue weighted by Gasteiger charge is 2.19. The SMILES string of the molecule is CC(=O)N(c1ccc(Cl)c(Cl)c1)c1nc(COC(=O)c2ccco2)cs1. The summed E-state index contributed by atoms with van der Waals surface area (Å²) in [6.07, 6.45) is 1.39. The first-order valence-electron chi connectivity index (χ1n) is 7.36. The molecule has 3 aromatic rings. The van der Waals surface area contributed by atoms with E-state index in [1.807, 2.05) is 0 Å². The highest BCUT2D eigenvalue weighted by molar-refractivity contribution is 7.14. The van der Waals surface area contributed by atoms with Crippen LogP contribution in [0.15, 0.2) is 46.4 Å². The molecule has 0 aliphatic rings. The lowest BCUT2D eigenvalue weighted by molar-refractivity contribution is -0.115. The standard InChI is InChI=1S/C17H12Cl2N2O4S/c1-10(22)21(12-4-5-13(18)14(19)7-12)17-20-11(9-26-17)8-25-16(23)15-3-2-6-24-15/h2-7,9H,8H2,1H3. The van der Waals surface area contributed by atoms with Crippen molar-refractivity contribution in [2.75, 3.05) is 4.90 Å². The summed E-state index contributed by atoms with van der Waals surface area (Å²) >= 11 is 13.2. The third kappa shape index (κ3) is 4.07. The molecule has 3 rings (SSSR count). The van der Waals surface area contributed by atoms with Gasteiger partial charge in [0.2, 0.25) is 11.7 Å². The second-order valence-electron chi connectivity index (χ2n) is 5.13. The summed E-state index contributed by atoms with van der Waals surface area (Å²) in [4.78, 5) is 29.6. The van der Waals surface area contributed by atoms with Crippen LogP contribution in [0.5, 0.6) is 0 Å². The Morgan fingerprint density at radius 1 is 1.27 bits per heavy atom. The molecule has 0 atom stereocenters. The summed E-state index contributed by atoms with van der Waals surface area (Å²) < 4.78 is 10.1. The fourth-order valence-corrected chi connectivity index (χ4v) is 3.29. The summed E-state index contributed by atoms with van der Waals surface area (Å²) in [5.41, 5.74) is 1.05. The Hall–Kier alpha value is -2.35. The van der Waals surface area contributed by atoms with Crippen molar-refractivity contribution < 1.29 is 18.7 Å². The Morgan fingerprint density at radius 3 is 2.73 bits per heavy atom. The van der Waals surface area contributed by atoms with Gasteiger partial charge in [-0.05, 0) is 30.3 Å². The quantitative estimate of drug-likeness (QED) is 0.548. The summed E-state index contributed by atoms with van der Waals surface area (Å²) in [5.74, 6) is -0.712. The topological polar surface area (TPSA) is 72.6 Å². The molecule has 0 saturated carbocycles. The molecule has 0 spiro atoms. The molecule has 6 nitrogen and oxygen atoms in total. The van der Waals surface area contributed by atoms with Crippen LogP contribution in [0.25, 0.3) is 0 Å². The van der Waals surface area contributed by atoms with E-state index >= 15 is 0 Å². The molecule has 0 radical (unpaired) electrons. The number of carbonyl (C=O) groups is 2. The van der Waals surface area contributed by atoms with E-state index in [9.17, 15) is 9.59 Å². The molecule has 1 aromatic carbocycles. The number of ether oxygens (including phenoxy) is 1. The van der Waals surface area contributed by atoms with Gasteiger partial charge in [-0.3, -0.25) is 9.69 Å². The van der Waals surface area contributed by atoms with Gasteiger partial charge in [-0.15, -0.1) is 11.3 Å². The predicted molar refractivity (Wildman–Crippen MR) is 99.2 cm³/mol. The summed E-state index contributed by atoms with van der Waals surface area (Å²) in [6.45, 7) is 1.38. The molecule has 9 heteroatoms. The second kappa shape index (κ2) is 7.90. The second-order valence-corrected chi connectivity index (χ2v) is 6.78. The molecule has 0 aliphatic carbocycles. The lowest BCUT2D eigenvalue weighted by Crippen LogP contribution is -2.22. The Kier molecular flexibility index (Phi) is 5.61. The molecule has 26 heavy (non-hydrogen) atoms. The zero-order valence-electron chi connectivity index (χ0n) is 13.4. The first-order chi connectivity index (χ1) is 12.5. The number of nitrogens with zero attached hydrogens (tertiary/aromatic N) is 2. The third-order valence-corrected chi connectivity index (χ3v) is 4.89. The number of esters is 1. The van der Waals surface area contributed by atoms with Crippen molar-refractivity contribution in [2.24, 2.45) is 0 Å². The number of furan rings is 1. The minimum atomic E-state index is -0.586. The normalized spacial score (nSPS) is 10.6. The van der Waals surface area contributed by atoms with Crippen molar-refractivity contribution >= 4 is 57.2 Å². The molecule has 0 fully saturated rings. The predicted octanol–water partition coefficient (Wildman–Crippen LogP) is 5.08. The van der Waals surface area contributed by atoms with Crippen LogP contribution in [0.2, 0.25) is 10.0 Å². The first-order valence-corrected chi connectivity index (χ1v) is 9.00. The molecule has 0 aliphatic heterocycles. The van der Waals surface area contributed by atoms with E-state index in [0.717, 1.165) is 0 Å². The number of hydrogen-bond donors (Lipinski definition) is 0. The maximum absolute atomic E-state index is 12.1. The first kappa shape index (κ1) is 18.4. The fourth-order valence-electron chi connectivity index (χ4n) is 2.12. The number of benzene rings is 1. The van der Waals surface area contributed by atoms with Crippen molar-refractivity contribution in [3.63, 3.8) is 0 Å². The molecular weight excluding hydrogens is 399 g/mol. The Labute approximate surface area is 162 Å². The molecule has 2 aromatic heterocycles. The molecule has 1 amide bonds. The minimum absolute atomic E-state index is 0.0385. The lowest BCUT2D eigenvalue weighted by atomic mass is 10.3. The average Bonchev–Trinajstić information content (AvgIpc) is 3.28. The molecule has 0 N–H and O–H groups in total. The average molecular weight is 411 g/mol. The molecule has 2 heterocycles. The van der Waals surface area contributed by atoms with E-state index in [0.29, 0.717) is 26.6 Å². The monoisotopic (exact) mass is 410 g/mol. The van der Waals surface area contributed by atoms with Crippen LogP contribution in [0.1, 0.15) is 23.2 Å². The molecule has 0 bridgehead atoms. The number of amides is 1. The lowest BCUT2D eigenvalue weighted by Gasteiger charge is -2.18. The largest absolute Gasteiger partial charge is 0.457 e. The van der Waals surface area contributed by atoms with Crippen molar-refractivity contribution in [3.8, 4) is 0 Å². The number of rotatable bonds is 5. The van der Waals surface area contributed by atoms with Crippen molar-refractivity contribution in [1.29, 1.82) is 0 Å². The third-order valence-electron chi connectivity index (χ3n) is 3.28. The van der Waals surface area contributed by atoms with Crippen LogP contribution >= 0.6 is 34.5 Å². The molecule has 134 valence electrons.